The molecule has 0 radical (unpaired) electrons. The van der Waals surface area contributed by atoms with Gasteiger partial charge in [0.15, 0.2) is 0 Å². The summed E-state index contributed by atoms with van der Waals surface area (Å²) in [4.78, 5) is 25.6. The van der Waals surface area contributed by atoms with Crippen molar-refractivity contribution in [3.05, 3.63) is 29.8 Å². The Hall–Kier alpha value is -1.98. The largest absolute Gasteiger partial charge is 0.356 e. The fraction of sp³-hybridized carbons (Fsp3) is 0.556. The van der Waals surface area contributed by atoms with Crippen molar-refractivity contribution in [2.24, 2.45) is 11.8 Å². The lowest BCUT2D eigenvalue weighted by atomic mass is 10.0. The molecule has 2 aliphatic rings. The number of benzene rings is 1. The number of hydrogen-bond acceptors (Lipinski definition) is 2. The molecule has 0 spiro atoms. The molecule has 24 heavy (non-hydrogen) atoms. The van der Waals surface area contributed by atoms with Crippen LogP contribution in [0.3, 0.4) is 0 Å². The highest BCUT2D eigenvalue weighted by atomic mass is 19.1. The van der Waals surface area contributed by atoms with Crippen molar-refractivity contribution in [1.82, 2.24) is 5.32 Å². The van der Waals surface area contributed by atoms with Crippen LogP contribution >= 0.6 is 0 Å². The molecule has 2 fully saturated rings. The molecule has 1 aliphatic carbocycles. The normalized spacial score (nSPS) is 21.5. The number of carbonyl (C=O) groups is 2. The molecule has 0 aromatic heterocycles. The minimum Gasteiger partial charge on any atom is -0.356 e. The highest BCUT2D eigenvalue weighted by Crippen LogP contribution is 2.28. The van der Waals surface area contributed by atoms with Crippen LogP contribution in [0.1, 0.15) is 38.5 Å². The quantitative estimate of drug-likeness (QED) is 0.898. The maximum Gasteiger partial charge on any atom is 0.227 e. The Bertz CT molecular complexity index is 609. The Morgan fingerprint density at radius 3 is 2.50 bits per heavy atom. The van der Waals surface area contributed by atoms with Crippen molar-refractivity contribution >= 4 is 17.5 Å². The Morgan fingerprint density at radius 1 is 1.17 bits per heavy atom. The van der Waals surface area contributed by atoms with Gasteiger partial charge in [-0.05, 0) is 24.5 Å². The summed E-state index contributed by atoms with van der Waals surface area (Å²) in [7, 11) is 0. The molecule has 1 atom stereocenters. The fourth-order valence-corrected chi connectivity index (χ4v) is 3.67. The van der Waals surface area contributed by atoms with Crippen LogP contribution in [0.5, 0.6) is 0 Å². The lowest BCUT2D eigenvalue weighted by Crippen LogP contribution is -2.34. The first-order valence-corrected chi connectivity index (χ1v) is 8.57. The Balaban J connectivity index is 1.54. The van der Waals surface area contributed by atoms with Crippen molar-refractivity contribution < 1.29 is 18.4 Å². The summed E-state index contributed by atoms with van der Waals surface area (Å²) >= 11 is 0. The van der Waals surface area contributed by atoms with Crippen molar-refractivity contribution in [3.63, 3.8) is 0 Å². The highest BCUT2D eigenvalue weighted by molar-refractivity contribution is 6.00. The number of hydrogen-bond donors (Lipinski definition) is 1. The van der Waals surface area contributed by atoms with Gasteiger partial charge in [0.05, 0.1) is 5.92 Å². The van der Waals surface area contributed by atoms with Gasteiger partial charge in [0.1, 0.15) is 11.6 Å². The van der Waals surface area contributed by atoms with Gasteiger partial charge in [-0.25, -0.2) is 8.78 Å². The molecule has 2 amide bonds. The van der Waals surface area contributed by atoms with Crippen LogP contribution in [0.4, 0.5) is 14.5 Å². The maximum absolute atomic E-state index is 13.3. The summed E-state index contributed by atoms with van der Waals surface area (Å²) in [6.45, 7) is 0.791. The summed E-state index contributed by atoms with van der Waals surface area (Å²) in [5.74, 6) is -1.67. The molecule has 1 aromatic rings. The van der Waals surface area contributed by atoms with E-state index in [0.29, 0.717) is 12.5 Å². The van der Waals surface area contributed by atoms with Gasteiger partial charge < -0.3 is 10.2 Å². The summed E-state index contributed by atoms with van der Waals surface area (Å²) in [5, 5.41) is 2.90. The number of carbonyl (C=O) groups excluding carboxylic acids is 2. The smallest absolute Gasteiger partial charge is 0.227 e. The molecular formula is C18H22F2N2O2. The minimum absolute atomic E-state index is 0.0768. The molecule has 0 bridgehead atoms. The van der Waals surface area contributed by atoms with Crippen LogP contribution in [0.25, 0.3) is 0 Å². The minimum atomic E-state index is -0.734. The second-order valence-electron chi connectivity index (χ2n) is 6.76. The summed E-state index contributed by atoms with van der Waals surface area (Å²) in [6, 6.07) is 2.99. The summed E-state index contributed by atoms with van der Waals surface area (Å²) < 4.78 is 26.6. The van der Waals surface area contributed by atoms with Crippen LogP contribution < -0.4 is 10.2 Å². The first-order chi connectivity index (χ1) is 11.5. The molecule has 6 heteroatoms. The first-order valence-electron chi connectivity index (χ1n) is 8.57. The van der Waals surface area contributed by atoms with E-state index in [9.17, 15) is 18.4 Å². The van der Waals surface area contributed by atoms with Gasteiger partial charge in [0.25, 0.3) is 0 Å². The van der Waals surface area contributed by atoms with Crippen molar-refractivity contribution in [2.45, 2.75) is 38.5 Å². The molecule has 3 rings (SSSR count). The molecule has 1 aromatic carbocycles. The number of nitrogens with zero attached hydrogens (tertiary/aromatic N) is 1. The monoisotopic (exact) mass is 336 g/mol. The zero-order chi connectivity index (χ0) is 17.1. The third-order valence-electron chi connectivity index (χ3n) is 4.98. The van der Waals surface area contributed by atoms with E-state index < -0.39 is 17.6 Å². The van der Waals surface area contributed by atoms with Gasteiger partial charge in [0.2, 0.25) is 11.8 Å². The predicted molar refractivity (Wildman–Crippen MR) is 86.4 cm³/mol. The molecule has 1 N–H and O–H groups in total. The van der Waals surface area contributed by atoms with Gasteiger partial charge >= 0.3 is 0 Å². The predicted octanol–water partition coefficient (Wildman–Crippen LogP) is 3.01. The molecular weight excluding hydrogens is 314 g/mol. The van der Waals surface area contributed by atoms with Crippen molar-refractivity contribution in [1.29, 1.82) is 0 Å². The van der Waals surface area contributed by atoms with Gasteiger partial charge in [-0.3, -0.25) is 9.59 Å². The number of rotatable bonds is 5. The molecule has 4 nitrogen and oxygen atoms in total. The second-order valence-corrected chi connectivity index (χ2v) is 6.76. The zero-order valence-electron chi connectivity index (χ0n) is 13.6. The van der Waals surface area contributed by atoms with Gasteiger partial charge in [-0.15, -0.1) is 0 Å². The van der Waals surface area contributed by atoms with E-state index in [1.807, 2.05) is 0 Å². The topological polar surface area (TPSA) is 49.4 Å². The zero-order valence-corrected chi connectivity index (χ0v) is 13.6. The van der Waals surface area contributed by atoms with E-state index in [1.165, 1.54) is 30.6 Å². The summed E-state index contributed by atoms with van der Waals surface area (Å²) in [5.41, 5.74) is 0.166. The van der Waals surface area contributed by atoms with E-state index in [-0.39, 0.29) is 30.5 Å². The van der Waals surface area contributed by atoms with E-state index in [4.69, 9.17) is 0 Å². The van der Waals surface area contributed by atoms with E-state index in [2.05, 4.69) is 5.32 Å². The van der Waals surface area contributed by atoms with Gasteiger partial charge in [-0.2, -0.15) is 0 Å². The summed E-state index contributed by atoms with van der Waals surface area (Å²) in [6.07, 6.45) is 6.07. The third-order valence-corrected chi connectivity index (χ3v) is 4.98. The van der Waals surface area contributed by atoms with Crippen LogP contribution in [-0.4, -0.2) is 24.9 Å². The first kappa shape index (κ1) is 16.9. The molecule has 1 saturated carbocycles. The molecule has 1 unspecified atom stereocenters. The number of amides is 2. The average Bonchev–Trinajstić information content (AvgIpc) is 3.15. The van der Waals surface area contributed by atoms with Crippen LogP contribution in [0, 0.1) is 23.5 Å². The van der Waals surface area contributed by atoms with E-state index in [0.717, 1.165) is 24.6 Å². The lowest BCUT2D eigenvalue weighted by Gasteiger charge is -2.17. The van der Waals surface area contributed by atoms with Crippen molar-refractivity contribution in [2.75, 3.05) is 18.0 Å². The Labute approximate surface area is 140 Å². The average molecular weight is 336 g/mol. The fourth-order valence-electron chi connectivity index (χ4n) is 3.67. The number of halogens is 2. The van der Waals surface area contributed by atoms with E-state index >= 15 is 0 Å². The number of anilines is 1. The maximum atomic E-state index is 13.3. The van der Waals surface area contributed by atoms with Crippen LogP contribution in [0.2, 0.25) is 0 Å². The molecule has 130 valence electrons. The Kier molecular flexibility index (Phi) is 5.11. The third kappa shape index (κ3) is 3.91. The second kappa shape index (κ2) is 7.28. The highest BCUT2D eigenvalue weighted by Gasteiger charge is 2.35. The SMILES string of the molecule is O=C(NCCC1CCCC1)C1CC(=O)N(c2cc(F)cc(F)c2)C1. The standard InChI is InChI=1S/C18H22F2N2O2/c19-14-8-15(20)10-16(9-14)22-11-13(7-17(22)23)18(24)21-6-5-12-3-1-2-4-12/h8-10,12-13H,1-7,11H2,(H,21,24). The molecule has 1 aliphatic heterocycles. The van der Waals surface area contributed by atoms with E-state index in [1.54, 1.807) is 0 Å². The van der Waals surface area contributed by atoms with Crippen LogP contribution in [-0.2, 0) is 9.59 Å². The Morgan fingerprint density at radius 2 is 1.83 bits per heavy atom. The van der Waals surface area contributed by atoms with Crippen molar-refractivity contribution in [3.8, 4) is 0 Å². The van der Waals surface area contributed by atoms with Crippen LogP contribution in [0.15, 0.2) is 18.2 Å². The lowest BCUT2D eigenvalue weighted by molar-refractivity contribution is -0.126. The van der Waals surface area contributed by atoms with Gasteiger partial charge in [0, 0.05) is 31.3 Å². The molecule has 1 heterocycles. The molecule has 1 saturated heterocycles. The number of nitrogens with one attached hydrogen (secondary N) is 1. The van der Waals surface area contributed by atoms with Gasteiger partial charge in [-0.1, -0.05) is 25.7 Å².